The maximum Gasteiger partial charge on any atom is 0.256 e. The zero-order chi connectivity index (χ0) is 19.1. The van der Waals surface area contributed by atoms with Gasteiger partial charge in [0.2, 0.25) is 0 Å². The molecule has 3 aromatic rings. The molecule has 2 N–H and O–H groups in total. The van der Waals surface area contributed by atoms with Crippen LogP contribution in [0.1, 0.15) is 58.3 Å². The number of fused-ring (bicyclic) bond motifs is 1. The van der Waals surface area contributed by atoms with Crippen molar-refractivity contribution in [1.82, 2.24) is 19.5 Å². The molecule has 3 heterocycles. The van der Waals surface area contributed by atoms with E-state index in [-0.39, 0.29) is 11.9 Å². The van der Waals surface area contributed by atoms with Crippen molar-refractivity contribution < 1.29 is 4.79 Å². The molecule has 0 bridgehead atoms. The van der Waals surface area contributed by atoms with Crippen LogP contribution in [0.3, 0.4) is 0 Å². The first kappa shape index (κ1) is 17.5. The molecule has 1 aromatic carbocycles. The van der Waals surface area contributed by atoms with Crippen molar-refractivity contribution in [1.29, 1.82) is 0 Å². The fourth-order valence-electron chi connectivity index (χ4n) is 3.88. The van der Waals surface area contributed by atoms with Crippen LogP contribution in [0.2, 0.25) is 0 Å². The average Bonchev–Trinajstić information content (AvgIpc) is 3.10. The second-order valence-corrected chi connectivity index (χ2v) is 7.34. The smallest absolute Gasteiger partial charge is 0.256 e. The minimum atomic E-state index is -0.0485. The van der Waals surface area contributed by atoms with Crippen molar-refractivity contribution in [3.63, 3.8) is 0 Å². The number of nitrogens with zero attached hydrogens (tertiary/aromatic N) is 4. The molecular weight excluding hydrogens is 338 g/mol. The first-order chi connectivity index (χ1) is 13.0. The van der Waals surface area contributed by atoms with E-state index in [1.54, 1.807) is 12.1 Å². The van der Waals surface area contributed by atoms with Crippen LogP contribution in [-0.4, -0.2) is 31.9 Å². The SMILES string of the molecule is Cc1nc2cc(C3CCCCN3C(=O)c3ccccc3N)nn2c(C)c1C. The highest BCUT2D eigenvalue weighted by Gasteiger charge is 2.31. The summed E-state index contributed by atoms with van der Waals surface area (Å²) < 4.78 is 1.89. The fraction of sp³-hybridized carbons (Fsp3) is 0.381. The molecule has 0 aliphatic carbocycles. The van der Waals surface area contributed by atoms with Gasteiger partial charge in [-0.25, -0.2) is 9.50 Å². The molecule has 1 unspecified atom stereocenters. The summed E-state index contributed by atoms with van der Waals surface area (Å²) in [5.41, 5.74) is 12.1. The molecule has 1 amide bonds. The number of hydrogen-bond donors (Lipinski definition) is 1. The Morgan fingerprint density at radius 3 is 2.74 bits per heavy atom. The summed E-state index contributed by atoms with van der Waals surface area (Å²) in [6, 6.07) is 9.24. The fourth-order valence-corrected chi connectivity index (χ4v) is 3.88. The molecule has 140 valence electrons. The molecule has 6 nitrogen and oxygen atoms in total. The lowest BCUT2D eigenvalue weighted by molar-refractivity contribution is 0.0607. The van der Waals surface area contributed by atoms with Crippen molar-refractivity contribution in [2.45, 2.75) is 46.1 Å². The summed E-state index contributed by atoms with van der Waals surface area (Å²) in [6.45, 7) is 6.86. The van der Waals surface area contributed by atoms with Crippen LogP contribution in [0.15, 0.2) is 30.3 Å². The van der Waals surface area contributed by atoms with E-state index in [1.807, 2.05) is 34.5 Å². The summed E-state index contributed by atoms with van der Waals surface area (Å²) in [4.78, 5) is 19.8. The van der Waals surface area contributed by atoms with Gasteiger partial charge in [0.1, 0.15) is 0 Å². The van der Waals surface area contributed by atoms with Crippen molar-refractivity contribution in [3.05, 3.63) is 58.5 Å². The van der Waals surface area contributed by atoms with Gasteiger partial charge in [0.25, 0.3) is 5.91 Å². The maximum absolute atomic E-state index is 13.2. The van der Waals surface area contributed by atoms with Crippen LogP contribution in [0.25, 0.3) is 5.65 Å². The third-order valence-electron chi connectivity index (χ3n) is 5.69. The third-order valence-corrected chi connectivity index (χ3v) is 5.69. The highest BCUT2D eigenvalue weighted by atomic mass is 16.2. The van der Waals surface area contributed by atoms with Gasteiger partial charge in [0.15, 0.2) is 5.65 Å². The van der Waals surface area contributed by atoms with Gasteiger partial charge in [-0.1, -0.05) is 12.1 Å². The normalized spacial score (nSPS) is 17.4. The lowest BCUT2D eigenvalue weighted by Crippen LogP contribution is -2.39. The predicted octanol–water partition coefficient (Wildman–Crippen LogP) is 3.60. The van der Waals surface area contributed by atoms with E-state index >= 15 is 0 Å². The molecule has 4 rings (SSSR count). The van der Waals surface area contributed by atoms with Crippen molar-refractivity contribution >= 4 is 17.2 Å². The number of likely N-dealkylation sites (tertiary alicyclic amines) is 1. The number of nitrogen functional groups attached to an aromatic ring is 1. The zero-order valence-corrected chi connectivity index (χ0v) is 16.1. The highest BCUT2D eigenvalue weighted by molar-refractivity contribution is 5.99. The van der Waals surface area contributed by atoms with E-state index in [0.29, 0.717) is 11.3 Å². The lowest BCUT2D eigenvalue weighted by atomic mass is 9.98. The summed E-state index contributed by atoms with van der Waals surface area (Å²) >= 11 is 0. The Labute approximate surface area is 159 Å². The number of carbonyl (C=O) groups is 1. The van der Waals surface area contributed by atoms with Crippen LogP contribution in [0.4, 0.5) is 5.69 Å². The molecule has 1 aliphatic heterocycles. The minimum absolute atomic E-state index is 0.0214. The first-order valence-electron chi connectivity index (χ1n) is 9.46. The number of carbonyl (C=O) groups excluding carboxylic acids is 1. The van der Waals surface area contributed by atoms with E-state index in [4.69, 9.17) is 10.8 Å². The van der Waals surface area contributed by atoms with E-state index in [0.717, 1.165) is 54.1 Å². The highest BCUT2D eigenvalue weighted by Crippen LogP contribution is 2.33. The molecule has 0 spiro atoms. The number of anilines is 1. The number of amides is 1. The van der Waals surface area contributed by atoms with Crippen LogP contribution < -0.4 is 5.73 Å². The molecule has 0 saturated carbocycles. The number of para-hydroxylation sites is 1. The van der Waals surface area contributed by atoms with Crippen molar-refractivity contribution in [2.75, 3.05) is 12.3 Å². The standard InChI is InChI=1S/C21H25N5O/c1-13-14(2)23-20-12-18(24-26(20)15(13)3)19-10-6-7-11-25(19)21(27)16-8-4-5-9-17(16)22/h4-5,8-9,12,19H,6-7,10-11,22H2,1-3H3. The summed E-state index contributed by atoms with van der Waals surface area (Å²) in [6.07, 6.45) is 2.98. The molecule has 1 fully saturated rings. The number of benzene rings is 1. The van der Waals surface area contributed by atoms with Gasteiger partial charge in [-0.2, -0.15) is 5.10 Å². The Bertz CT molecular complexity index is 1020. The Morgan fingerprint density at radius 2 is 1.96 bits per heavy atom. The number of aryl methyl sites for hydroxylation is 2. The van der Waals surface area contributed by atoms with E-state index < -0.39 is 0 Å². The maximum atomic E-state index is 13.2. The average molecular weight is 363 g/mol. The van der Waals surface area contributed by atoms with Crippen LogP contribution >= 0.6 is 0 Å². The summed E-state index contributed by atoms with van der Waals surface area (Å²) in [5.74, 6) is -0.0214. The van der Waals surface area contributed by atoms with E-state index in [9.17, 15) is 4.79 Å². The first-order valence-corrected chi connectivity index (χ1v) is 9.46. The predicted molar refractivity (Wildman–Crippen MR) is 106 cm³/mol. The number of aromatic nitrogens is 3. The molecule has 1 saturated heterocycles. The topological polar surface area (TPSA) is 76.5 Å². The van der Waals surface area contributed by atoms with Crippen molar-refractivity contribution in [3.8, 4) is 0 Å². The minimum Gasteiger partial charge on any atom is -0.398 e. The molecule has 1 aliphatic rings. The molecule has 27 heavy (non-hydrogen) atoms. The Balaban J connectivity index is 1.75. The van der Waals surface area contributed by atoms with E-state index in [1.165, 1.54) is 0 Å². The molecule has 2 aromatic heterocycles. The second kappa shape index (κ2) is 6.68. The number of hydrogen-bond acceptors (Lipinski definition) is 4. The molecule has 1 atom stereocenters. The van der Waals surface area contributed by atoms with Crippen LogP contribution in [0, 0.1) is 20.8 Å². The van der Waals surface area contributed by atoms with Gasteiger partial charge in [0, 0.05) is 29.7 Å². The number of rotatable bonds is 2. The number of piperidine rings is 1. The lowest BCUT2D eigenvalue weighted by Gasteiger charge is -2.35. The Morgan fingerprint density at radius 1 is 1.19 bits per heavy atom. The molecule has 0 radical (unpaired) electrons. The molecular formula is C21H25N5O. The summed E-state index contributed by atoms with van der Waals surface area (Å²) in [5, 5.41) is 4.82. The van der Waals surface area contributed by atoms with Gasteiger partial charge in [0.05, 0.1) is 17.3 Å². The van der Waals surface area contributed by atoms with Gasteiger partial charge in [-0.3, -0.25) is 4.79 Å². The number of nitrogens with two attached hydrogens (primary N) is 1. The largest absolute Gasteiger partial charge is 0.398 e. The molecule has 6 heteroatoms. The van der Waals surface area contributed by atoms with Gasteiger partial charge >= 0.3 is 0 Å². The quantitative estimate of drug-likeness (QED) is 0.706. The third kappa shape index (κ3) is 2.95. The monoisotopic (exact) mass is 363 g/mol. The van der Waals surface area contributed by atoms with E-state index in [2.05, 4.69) is 18.8 Å². The Kier molecular flexibility index (Phi) is 4.34. The van der Waals surface area contributed by atoms with Gasteiger partial charge in [-0.05, 0) is 57.7 Å². The summed E-state index contributed by atoms with van der Waals surface area (Å²) in [7, 11) is 0. The van der Waals surface area contributed by atoms with Gasteiger partial charge in [-0.15, -0.1) is 0 Å². The van der Waals surface area contributed by atoms with Crippen LogP contribution in [-0.2, 0) is 0 Å². The second-order valence-electron chi connectivity index (χ2n) is 7.34. The van der Waals surface area contributed by atoms with Crippen molar-refractivity contribution in [2.24, 2.45) is 0 Å². The Hall–Kier alpha value is -2.89. The van der Waals surface area contributed by atoms with Gasteiger partial charge < -0.3 is 10.6 Å². The van der Waals surface area contributed by atoms with Crippen LogP contribution in [0.5, 0.6) is 0 Å². The zero-order valence-electron chi connectivity index (χ0n) is 16.1.